The first-order valence-corrected chi connectivity index (χ1v) is 6.41. The van der Waals surface area contributed by atoms with E-state index in [1.165, 1.54) is 18.2 Å². The van der Waals surface area contributed by atoms with Gasteiger partial charge in [-0.2, -0.15) is 0 Å². The number of hydrogen-bond donors (Lipinski definition) is 3. The molecule has 20 heavy (non-hydrogen) atoms. The first-order chi connectivity index (χ1) is 9.49. The van der Waals surface area contributed by atoms with Crippen LogP contribution < -0.4 is 10.6 Å². The fraction of sp³-hybridized carbons (Fsp3) is 0.462. The number of aliphatic hydroxyl groups excluding tert-OH is 1. The Morgan fingerprint density at radius 2 is 2.30 bits per heavy atom. The smallest absolute Gasteiger partial charge is 0.272 e. The molecular weight excluding hydrogens is 262 g/mol. The van der Waals surface area contributed by atoms with Gasteiger partial charge < -0.3 is 15.7 Å². The van der Waals surface area contributed by atoms with Gasteiger partial charge in [-0.3, -0.25) is 14.9 Å². The van der Waals surface area contributed by atoms with Crippen molar-refractivity contribution < 1.29 is 14.8 Å². The van der Waals surface area contributed by atoms with Crippen molar-refractivity contribution in [2.75, 3.05) is 19.6 Å². The Labute approximate surface area is 116 Å². The monoisotopic (exact) mass is 279 g/mol. The summed E-state index contributed by atoms with van der Waals surface area (Å²) < 4.78 is 0. The molecule has 0 radical (unpaired) electrons. The van der Waals surface area contributed by atoms with Crippen LogP contribution in [0.3, 0.4) is 0 Å². The van der Waals surface area contributed by atoms with Crippen molar-refractivity contribution >= 4 is 11.6 Å². The van der Waals surface area contributed by atoms with Crippen molar-refractivity contribution in [1.29, 1.82) is 0 Å². The highest BCUT2D eigenvalue weighted by Crippen LogP contribution is 2.18. The second-order valence-electron chi connectivity index (χ2n) is 4.95. The predicted octanol–water partition coefficient (Wildman–Crippen LogP) is 0.213. The summed E-state index contributed by atoms with van der Waals surface area (Å²) in [6, 6.07) is 4.26. The van der Waals surface area contributed by atoms with Crippen LogP contribution in [0.4, 0.5) is 5.69 Å². The van der Waals surface area contributed by atoms with Gasteiger partial charge in [0, 0.05) is 42.7 Å². The first kappa shape index (κ1) is 14.4. The quantitative estimate of drug-likeness (QED) is 0.540. The number of benzene rings is 1. The zero-order chi connectivity index (χ0) is 14.7. The SMILES string of the molecule is Cc1cc(C(=O)NCC2CNCC2O)ccc1[N+](=O)[O-]. The van der Waals surface area contributed by atoms with Gasteiger partial charge in [0.05, 0.1) is 11.0 Å². The molecule has 1 heterocycles. The molecule has 1 amide bonds. The molecule has 7 heteroatoms. The van der Waals surface area contributed by atoms with Gasteiger partial charge in [-0.05, 0) is 19.1 Å². The number of nitrogens with one attached hydrogen (secondary N) is 2. The number of carbonyl (C=O) groups excluding carboxylic acids is 1. The molecule has 0 aliphatic carbocycles. The van der Waals surface area contributed by atoms with Crippen molar-refractivity contribution in [2.45, 2.75) is 13.0 Å². The van der Waals surface area contributed by atoms with E-state index in [4.69, 9.17) is 0 Å². The molecular formula is C13H17N3O4. The maximum atomic E-state index is 12.0. The van der Waals surface area contributed by atoms with Gasteiger partial charge in [-0.15, -0.1) is 0 Å². The molecule has 0 spiro atoms. The molecule has 2 rings (SSSR count). The van der Waals surface area contributed by atoms with Crippen LogP contribution in [0.15, 0.2) is 18.2 Å². The number of rotatable bonds is 4. The van der Waals surface area contributed by atoms with Gasteiger partial charge in [-0.25, -0.2) is 0 Å². The molecule has 7 nitrogen and oxygen atoms in total. The van der Waals surface area contributed by atoms with Gasteiger partial charge in [0.15, 0.2) is 0 Å². The minimum absolute atomic E-state index is 0.00176. The molecule has 0 aromatic heterocycles. The van der Waals surface area contributed by atoms with Crippen LogP contribution >= 0.6 is 0 Å². The van der Waals surface area contributed by atoms with Crippen LogP contribution in [-0.2, 0) is 0 Å². The third kappa shape index (κ3) is 3.12. The zero-order valence-corrected chi connectivity index (χ0v) is 11.1. The second kappa shape index (κ2) is 5.98. The van der Waals surface area contributed by atoms with E-state index >= 15 is 0 Å². The van der Waals surface area contributed by atoms with Crippen molar-refractivity contribution in [1.82, 2.24) is 10.6 Å². The molecule has 1 fully saturated rings. The molecule has 3 N–H and O–H groups in total. The predicted molar refractivity (Wildman–Crippen MR) is 72.5 cm³/mol. The molecule has 1 aromatic rings. The van der Waals surface area contributed by atoms with Gasteiger partial charge in [0.25, 0.3) is 11.6 Å². The fourth-order valence-electron chi connectivity index (χ4n) is 2.25. The average Bonchev–Trinajstić information content (AvgIpc) is 2.81. The molecule has 0 bridgehead atoms. The minimum Gasteiger partial charge on any atom is -0.391 e. The number of amides is 1. The molecule has 0 saturated carbocycles. The highest BCUT2D eigenvalue weighted by Gasteiger charge is 2.25. The lowest BCUT2D eigenvalue weighted by Crippen LogP contribution is -2.34. The topological polar surface area (TPSA) is 104 Å². The number of carbonyl (C=O) groups is 1. The van der Waals surface area contributed by atoms with E-state index in [1.807, 2.05) is 0 Å². The Kier molecular flexibility index (Phi) is 4.31. The van der Waals surface area contributed by atoms with E-state index in [9.17, 15) is 20.0 Å². The summed E-state index contributed by atoms with van der Waals surface area (Å²) in [5, 5.41) is 26.1. The van der Waals surface area contributed by atoms with E-state index in [-0.39, 0.29) is 17.5 Å². The number of aryl methyl sites for hydroxylation is 1. The standard InChI is InChI=1S/C13H17N3O4/c1-8-4-9(2-3-11(8)16(19)20)13(18)15-6-10-5-14-7-12(10)17/h2-4,10,12,14,17H,5-7H2,1H3,(H,15,18). The zero-order valence-electron chi connectivity index (χ0n) is 11.1. The minimum atomic E-state index is -0.475. The highest BCUT2D eigenvalue weighted by molar-refractivity contribution is 5.94. The first-order valence-electron chi connectivity index (χ1n) is 6.41. The largest absolute Gasteiger partial charge is 0.391 e. The molecule has 1 aliphatic heterocycles. The molecule has 2 unspecified atom stereocenters. The number of aliphatic hydroxyl groups is 1. The number of nitrogens with zero attached hydrogens (tertiary/aromatic N) is 1. The van der Waals surface area contributed by atoms with Gasteiger partial charge >= 0.3 is 0 Å². The third-order valence-electron chi connectivity index (χ3n) is 3.48. The number of β-amino-alcohol motifs (C(OH)–C–C–N with tert-alkyl or cyclic N) is 1. The Hall–Kier alpha value is -1.99. The second-order valence-corrected chi connectivity index (χ2v) is 4.95. The lowest BCUT2D eigenvalue weighted by Gasteiger charge is -2.14. The number of nitro groups is 1. The summed E-state index contributed by atoms with van der Waals surface area (Å²) in [4.78, 5) is 22.2. The van der Waals surface area contributed by atoms with Crippen LogP contribution in [0.2, 0.25) is 0 Å². The molecule has 1 aromatic carbocycles. The summed E-state index contributed by atoms with van der Waals surface area (Å²) in [6.45, 7) is 3.18. The number of hydrogen-bond acceptors (Lipinski definition) is 5. The summed E-state index contributed by atoms with van der Waals surface area (Å²) >= 11 is 0. The van der Waals surface area contributed by atoms with E-state index in [1.54, 1.807) is 6.92 Å². The van der Waals surface area contributed by atoms with E-state index in [0.717, 1.165) is 0 Å². The average molecular weight is 279 g/mol. The number of nitro benzene ring substituents is 1. The van der Waals surface area contributed by atoms with Gasteiger partial charge in [0.2, 0.25) is 0 Å². The molecule has 2 atom stereocenters. The van der Waals surface area contributed by atoms with Gasteiger partial charge in [0.1, 0.15) is 0 Å². The van der Waals surface area contributed by atoms with Gasteiger partial charge in [-0.1, -0.05) is 0 Å². The maximum absolute atomic E-state index is 12.0. The van der Waals surface area contributed by atoms with Crippen LogP contribution in [0.25, 0.3) is 0 Å². The van der Waals surface area contributed by atoms with Crippen molar-refractivity contribution in [3.63, 3.8) is 0 Å². The van der Waals surface area contributed by atoms with Crippen molar-refractivity contribution in [3.05, 3.63) is 39.4 Å². The Morgan fingerprint density at radius 3 is 2.85 bits per heavy atom. The lowest BCUT2D eigenvalue weighted by molar-refractivity contribution is -0.385. The Balaban J connectivity index is 1.99. The molecule has 1 saturated heterocycles. The lowest BCUT2D eigenvalue weighted by atomic mass is 10.1. The summed E-state index contributed by atoms with van der Waals surface area (Å²) in [6.07, 6.45) is -0.450. The molecule has 108 valence electrons. The van der Waals surface area contributed by atoms with Crippen LogP contribution in [0, 0.1) is 23.0 Å². The van der Waals surface area contributed by atoms with Crippen molar-refractivity contribution in [2.24, 2.45) is 5.92 Å². The van der Waals surface area contributed by atoms with Crippen LogP contribution in [0.5, 0.6) is 0 Å². The van der Waals surface area contributed by atoms with Crippen LogP contribution in [-0.4, -0.2) is 41.7 Å². The summed E-state index contributed by atoms with van der Waals surface area (Å²) in [7, 11) is 0. The summed E-state index contributed by atoms with van der Waals surface area (Å²) in [5.41, 5.74) is 0.829. The highest BCUT2D eigenvalue weighted by atomic mass is 16.6. The Morgan fingerprint density at radius 1 is 1.55 bits per heavy atom. The van der Waals surface area contributed by atoms with Crippen molar-refractivity contribution in [3.8, 4) is 0 Å². The fourth-order valence-corrected chi connectivity index (χ4v) is 2.25. The summed E-state index contributed by atoms with van der Waals surface area (Å²) in [5.74, 6) is -0.291. The Bertz CT molecular complexity index is 532. The van der Waals surface area contributed by atoms with E-state index in [2.05, 4.69) is 10.6 Å². The molecule has 1 aliphatic rings. The maximum Gasteiger partial charge on any atom is 0.272 e. The van der Waals surface area contributed by atoms with Crippen LogP contribution in [0.1, 0.15) is 15.9 Å². The normalized spacial score (nSPS) is 21.7. The van der Waals surface area contributed by atoms with E-state index in [0.29, 0.717) is 30.8 Å². The third-order valence-corrected chi connectivity index (χ3v) is 3.48. The van der Waals surface area contributed by atoms with E-state index < -0.39 is 11.0 Å².